The fraction of sp³-hybridized carbons (Fsp3) is 0.750. The van der Waals surface area contributed by atoms with Crippen molar-refractivity contribution in [3.05, 3.63) is 16.6 Å². The highest BCUT2D eigenvalue weighted by Crippen LogP contribution is 2.15. The van der Waals surface area contributed by atoms with Gasteiger partial charge in [0.1, 0.15) is 0 Å². The molecule has 0 aromatic carbocycles. The van der Waals surface area contributed by atoms with Crippen molar-refractivity contribution in [2.45, 2.75) is 25.0 Å². The maximum Gasteiger partial charge on any atom is 0.0951 e. The van der Waals surface area contributed by atoms with Crippen LogP contribution in [0.25, 0.3) is 0 Å². The van der Waals surface area contributed by atoms with Crippen LogP contribution in [0.15, 0.2) is 11.6 Å². The molecule has 2 atom stereocenters. The molecule has 17 heavy (non-hydrogen) atoms. The quantitative estimate of drug-likeness (QED) is 0.862. The molecule has 2 heterocycles. The highest BCUT2D eigenvalue weighted by Gasteiger charge is 2.27. The van der Waals surface area contributed by atoms with Crippen molar-refractivity contribution < 1.29 is 5.11 Å². The van der Waals surface area contributed by atoms with Crippen LogP contribution in [0.3, 0.4) is 0 Å². The van der Waals surface area contributed by atoms with Crippen LogP contribution in [0.1, 0.15) is 11.4 Å². The molecule has 1 N–H and O–H groups in total. The Balaban J connectivity index is 1.98. The first-order chi connectivity index (χ1) is 8.16. The third-order valence-electron chi connectivity index (χ3n) is 3.43. The first-order valence-electron chi connectivity index (χ1n) is 6.12. The Morgan fingerprint density at radius 2 is 2.35 bits per heavy atom. The topological polar surface area (TPSA) is 39.6 Å². The Morgan fingerprint density at radius 3 is 3.06 bits per heavy atom. The molecular formula is C12H21N3OS. The molecule has 0 aliphatic carbocycles. The minimum atomic E-state index is -0.327. The number of rotatable bonds is 3. The summed E-state index contributed by atoms with van der Waals surface area (Å²) in [6, 6.07) is 0.214. The van der Waals surface area contributed by atoms with Crippen LogP contribution in [-0.2, 0) is 6.42 Å². The van der Waals surface area contributed by atoms with Gasteiger partial charge in [0.25, 0.3) is 0 Å². The molecule has 0 spiro atoms. The van der Waals surface area contributed by atoms with Gasteiger partial charge in [-0.05, 0) is 33.6 Å². The zero-order chi connectivity index (χ0) is 12.3. The lowest BCUT2D eigenvalue weighted by Gasteiger charge is -2.31. The van der Waals surface area contributed by atoms with Crippen LogP contribution in [-0.4, -0.2) is 65.8 Å². The van der Waals surface area contributed by atoms with Gasteiger partial charge >= 0.3 is 0 Å². The van der Waals surface area contributed by atoms with Crippen molar-refractivity contribution in [1.82, 2.24) is 14.8 Å². The highest BCUT2D eigenvalue weighted by atomic mass is 32.1. The van der Waals surface area contributed by atoms with Gasteiger partial charge in [0.2, 0.25) is 0 Å². The lowest BCUT2D eigenvalue weighted by atomic mass is 10.1. The van der Waals surface area contributed by atoms with E-state index in [1.165, 1.54) is 6.42 Å². The fourth-order valence-electron chi connectivity index (χ4n) is 2.39. The van der Waals surface area contributed by atoms with Crippen LogP contribution < -0.4 is 0 Å². The summed E-state index contributed by atoms with van der Waals surface area (Å²) in [5.74, 6) is 0. The van der Waals surface area contributed by atoms with Crippen molar-refractivity contribution in [2.24, 2.45) is 0 Å². The summed E-state index contributed by atoms with van der Waals surface area (Å²) in [5, 5.41) is 13.3. The van der Waals surface area contributed by atoms with Crippen molar-refractivity contribution in [1.29, 1.82) is 0 Å². The Labute approximate surface area is 107 Å². The highest BCUT2D eigenvalue weighted by molar-refractivity contribution is 7.09. The van der Waals surface area contributed by atoms with E-state index >= 15 is 0 Å². The number of thiazole rings is 1. The summed E-state index contributed by atoms with van der Waals surface area (Å²) in [6.07, 6.45) is 3.32. The van der Waals surface area contributed by atoms with Gasteiger partial charge in [-0.25, -0.2) is 4.98 Å². The van der Waals surface area contributed by atoms with Gasteiger partial charge in [0.05, 0.1) is 11.1 Å². The molecule has 96 valence electrons. The average Bonchev–Trinajstić information content (AvgIpc) is 2.72. The van der Waals surface area contributed by atoms with Gasteiger partial charge < -0.3 is 10.0 Å². The summed E-state index contributed by atoms with van der Waals surface area (Å²) in [7, 11) is 4.23. The number of hydrogen-bond donors (Lipinski definition) is 1. The van der Waals surface area contributed by atoms with Crippen LogP contribution >= 0.6 is 11.3 Å². The summed E-state index contributed by atoms with van der Waals surface area (Å²) in [6.45, 7) is 3.11. The average molecular weight is 255 g/mol. The molecule has 1 aromatic rings. The zero-order valence-corrected chi connectivity index (χ0v) is 11.4. The first-order valence-corrected chi connectivity index (χ1v) is 7.00. The second-order valence-electron chi connectivity index (χ2n) is 4.86. The van der Waals surface area contributed by atoms with Crippen molar-refractivity contribution in [3.63, 3.8) is 0 Å². The van der Waals surface area contributed by atoms with Gasteiger partial charge in [-0.15, -0.1) is 11.3 Å². The Kier molecular flexibility index (Phi) is 4.50. The number of likely N-dealkylation sites (N-methyl/N-ethyl adjacent to an activating group) is 2. The minimum absolute atomic E-state index is 0.214. The van der Waals surface area contributed by atoms with Crippen LogP contribution in [0.4, 0.5) is 0 Å². The smallest absolute Gasteiger partial charge is 0.0951 e. The van der Waals surface area contributed by atoms with E-state index in [0.717, 1.165) is 24.6 Å². The fourth-order valence-corrected chi connectivity index (χ4v) is 3.06. The monoisotopic (exact) mass is 255 g/mol. The second-order valence-corrected chi connectivity index (χ2v) is 5.84. The number of nitrogens with zero attached hydrogens (tertiary/aromatic N) is 3. The van der Waals surface area contributed by atoms with Gasteiger partial charge in [0.15, 0.2) is 0 Å². The van der Waals surface area contributed by atoms with E-state index in [0.29, 0.717) is 6.42 Å². The predicted molar refractivity (Wildman–Crippen MR) is 70.4 cm³/mol. The van der Waals surface area contributed by atoms with Gasteiger partial charge in [-0.3, -0.25) is 4.90 Å². The van der Waals surface area contributed by atoms with Gasteiger partial charge in [0, 0.05) is 30.6 Å². The Morgan fingerprint density at radius 1 is 1.53 bits per heavy atom. The number of aliphatic hydroxyl groups is 1. The lowest BCUT2D eigenvalue weighted by Crippen LogP contribution is -2.46. The molecule has 1 saturated heterocycles. The van der Waals surface area contributed by atoms with E-state index in [-0.39, 0.29) is 12.1 Å². The zero-order valence-electron chi connectivity index (χ0n) is 10.5. The van der Waals surface area contributed by atoms with E-state index in [1.807, 2.05) is 5.38 Å². The molecule has 0 amide bonds. The molecule has 1 fully saturated rings. The van der Waals surface area contributed by atoms with Crippen LogP contribution in [0.5, 0.6) is 0 Å². The molecular weight excluding hydrogens is 234 g/mol. The van der Waals surface area contributed by atoms with Gasteiger partial charge in [-0.2, -0.15) is 0 Å². The summed E-state index contributed by atoms with van der Waals surface area (Å²) in [4.78, 5) is 8.83. The number of aliphatic hydroxyl groups excluding tert-OH is 1. The molecule has 0 radical (unpaired) electrons. The summed E-state index contributed by atoms with van der Waals surface area (Å²) >= 11 is 1.62. The maximum absolute atomic E-state index is 10.4. The molecule has 1 aromatic heterocycles. The van der Waals surface area contributed by atoms with Crippen molar-refractivity contribution >= 4 is 11.3 Å². The van der Waals surface area contributed by atoms with E-state index in [4.69, 9.17) is 0 Å². The summed E-state index contributed by atoms with van der Waals surface area (Å²) in [5.41, 5.74) is 0. The van der Waals surface area contributed by atoms with E-state index < -0.39 is 0 Å². The normalized spacial score (nSPS) is 25.7. The lowest BCUT2D eigenvalue weighted by molar-refractivity contribution is 0.0581. The molecule has 5 heteroatoms. The van der Waals surface area contributed by atoms with Crippen LogP contribution in [0, 0.1) is 0 Å². The first kappa shape index (κ1) is 13.0. The molecule has 2 rings (SSSR count). The van der Waals surface area contributed by atoms with Crippen LogP contribution in [0.2, 0.25) is 0 Å². The van der Waals surface area contributed by atoms with Gasteiger partial charge in [-0.1, -0.05) is 0 Å². The van der Waals surface area contributed by atoms with E-state index in [1.54, 1.807) is 17.5 Å². The molecule has 1 aliphatic rings. The molecule has 2 unspecified atom stereocenters. The molecule has 0 bridgehead atoms. The number of aromatic nitrogens is 1. The minimum Gasteiger partial charge on any atom is -0.391 e. The van der Waals surface area contributed by atoms with E-state index in [9.17, 15) is 5.11 Å². The van der Waals surface area contributed by atoms with E-state index in [2.05, 4.69) is 28.9 Å². The molecule has 4 nitrogen and oxygen atoms in total. The van der Waals surface area contributed by atoms with Crippen molar-refractivity contribution in [2.75, 3.05) is 33.7 Å². The standard InChI is InChI=1S/C12H21N3OS/c1-14-5-3-6-15(2)10(9-14)11(16)8-12-13-4-7-17-12/h4,7,10-11,16H,3,5-6,8-9H2,1-2H3. The predicted octanol–water partition coefficient (Wildman–Crippen LogP) is 0.682. The second kappa shape index (κ2) is 5.91. The summed E-state index contributed by atoms with van der Waals surface area (Å²) < 4.78 is 0. The Hall–Kier alpha value is -0.490. The Bertz CT molecular complexity index is 331. The largest absolute Gasteiger partial charge is 0.391 e. The molecule has 0 saturated carbocycles. The SMILES string of the molecule is CN1CCCN(C)C(C(O)Cc2nccs2)C1. The third kappa shape index (κ3) is 3.48. The van der Waals surface area contributed by atoms with Crippen molar-refractivity contribution in [3.8, 4) is 0 Å². The third-order valence-corrected chi connectivity index (χ3v) is 4.23. The molecule has 1 aliphatic heterocycles. The number of hydrogen-bond acceptors (Lipinski definition) is 5. The maximum atomic E-state index is 10.4.